The van der Waals surface area contributed by atoms with E-state index < -0.39 is 37.1 Å². The largest absolute Gasteiger partial charge is 0.478 e. The Bertz CT molecular complexity index is 651. The monoisotopic (exact) mass is 305 g/mol. The lowest BCUT2D eigenvalue weighted by Gasteiger charge is -2.07. The summed E-state index contributed by atoms with van der Waals surface area (Å²) < 4.78 is 37.1. The molecule has 1 aromatic carbocycles. The van der Waals surface area contributed by atoms with Crippen LogP contribution in [0, 0.1) is 17.1 Å². The van der Waals surface area contributed by atoms with E-state index in [0.717, 1.165) is 6.07 Å². The highest BCUT2D eigenvalue weighted by atomic mass is 35.5. The lowest BCUT2D eigenvalue weighted by Crippen LogP contribution is -2.10. The molecule has 0 aliphatic carbocycles. The van der Waals surface area contributed by atoms with Crippen molar-refractivity contribution in [1.82, 2.24) is 0 Å². The molecule has 0 aliphatic rings. The standard InChI is InChI=1S/C11H9ClFNO4S/c12-10-8(11(15)16)5-7(6-9(10)13)19(17,18)4-2-1-3-14/h5-6H,1-2,4H2,(H,15,16). The number of unbranched alkanes of at least 4 members (excludes halogenated alkanes) is 1. The van der Waals surface area contributed by atoms with E-state index in [2.05, 4.69) is 0 Å². The van der Waals surface area contributed by atoms with Gasteiger partial charge < -0.3 is 5.11 Å². The number of nitriles is 1. The van der Waals surface area contributed by atoms with E-state index >= 15 is 0 Å². The predicted octanol–water partition coefficient (Wildman–Crippen LogP) is 2.25. The number of sulfone groups is 1. The van der Waals surface area contributed by atoms with Crippen LogP contribution in [0.4, 0.5) is 4.39 Å². The molecule has 19 heavy (non-hydrogen) atoms. The molecule has 0 saturated carbocycles. The summed E-state index contributed by atoms with van der Waals surface area (Å²) in [5.74, 6) is -2.99. The van der Waals surface area contributed by atoms with Crippen molar-refractivity contribution < 1.29 is 22.7 Å². The van der Waals surface area contributed by atoms with E-state index in [4.69, 9.17) is 22.0 Å². The average Bonchev–Trinajstić information content (AvgIpc) is 2.32. The van der Waals surface area contributed by atoms with Crippen LogP contribution in [0.3, 0.4) is 0 Å². The lowest BCUT2D eigenvalue weighted by atomic mass is 10.2. The Morgan fingerprint density at radius 1 is 1.47 bits per heavy atom. The van der Waals surface area contributed by atoms with Gasteiger partial charge in [0, 0.05) is 6.42 Å². The number of hydrogen-bond donors (Lipinski definition) is 1. The van der Waals surface area contributed by atoms with Gasteiger partial charge >= 0.3 is 5.97 Å². The molecular weight excluding hydrogens is 297 g/mol. The molecule has 0 saturated heterocycles. The predicted molar refractivity (Wildman–Crippen MR) is 65.3 cm³/mol. The van der Waals surface area contributed by atoms with E-state index in [-0.39, 0.29) is 18.6 Å². The first-order chi connectivity index (χ1) is 8.79. The number of benzene rings is 1. The molecule has 5 nitrogen and oxygen atoms in total. The summed E-state index contributed by atoms with van der Waals surface area (Å²) in [7, 11) is -3.84. The Morgan fingerprint density at radius 3 is 2.63 bits per heavy atom. The molecule has 0 aliphatic heterocycles. The van der Waals surface area contributed by atoms with Crippen LogP contribution in [-0.4, -0.2) is 25.2 Å². The number of nitrogens with zero attached hydrogens (tertiary/aromatic N) is 1. The Labute approximate surface area is 114 Å². The van der Waals surface area contributed by atoms with Crippen LogP contribution in [0.5, 0.6) is 0 Å². The maximum atomic E-state index is 13.4. The number of hydrogen-bond acceptors (Lipinski definition) is 4. The minimum Gasteiger partial charge on any atom is -0.478 e. The topological polar surface area (TPSA) is 95.2 Å². The Morgan fingerprint density at radius 2 is 2.11 bits per heavy atom. The normalized spacial score (nSPS) is 11.0. The van der Waals surface area contributed by atoms with Crippen molar-refractivity contribution in [2.24, 2.45) is 0 Å². The second kappa shape index (κ2) is 5.99. The van der Waals surface area contributed by atoms with Crippen molar-refractivity contribution in [3.05, 3.63) is 28.5 Å². The molecule has 1 N–H and O–H groups in total. The molecule has 1 aromatic rings. The van der Waals surface area contributed by atoms with Crippen LogP contribution in [-0.2, 0) is 9.84 Å². The van der Waals surface area contributed by atoms with Gasteiger partial charge in [0.2, 0.25) is 0 Å². The first-order valence-corrected chi connectivity index (χ1v) is 7.14. The number of carboxylic acids is 1. The van der Waals surface area contributed by atoms with Crippen LogP contribution in [0.25, 0.3) is 0 Å². The third kappa shape index (κ3) is 3.66. The third-order valence-electron chi connectivity index (χ3n) is 2.29. The molecule has 1 rings (SSSR count). The fourth-order valence-corrected chi connectivity index (χ4v) is 2.89. The summed E-state index contributed by atoms with van der Waals surface area (Å²) in [6, 6.07) is 3.28. The second-order valence-corrected chi connectivity index (χ2v) is 6.14. The number of halogens is 2. The Kier molecular flexibility index (Phi) is 4.86. The van der Waals surface area contributed by atoms with Crippen molar-refractivity contribution in [2.75, 3.05) is 5.75 Å². The maximum Gasteiger partial charge on any atom is 0.337 e. The highest BCUT2D eigenvalue weighted by molar-refractivity contribution is 7.91. The lowest BCUT2D eigenvalue weighted by molar-refractivity contribution is 0.0696. The van der Waals surface area contributed by atoms with Gasteiger partial charge in [-0.3, -0.25) is 0 Å². The minimum absolute atomic E-state index is 0.0427. The van der Waals surface area contributed by atoms with E-state index in [0.29, 0.717) is 6.07 Å². The third-order valence-corrected chi connectivity index (χ3v) is 4.46. The van der Waals surface area contributed by atoms with Crippen LogP contribution < -0.4 is 0 Å². The van der Waals surface area contributed by atoms with Crippen molar-refractivity contribution in [3.8, 4) is 6.07 Å². The summed E-state index contributed by atoms with van der Waals surface area (Å²) in [5.41, 5.74) is -0.611. The Hall–Kier alpha value is -1.65. The molecule has 8 heteroatoms. The van der Waals surface area contributed by atoms with Gasteiger partial charge in [-0.1, -0.05) is 11.6 Å². The van der Waals surface area contributed by atoms with Crippen molar-refractivity contribution in [3.63, 3.8) is 0 Å². The molecule has 0 aromatic heterocycles. The van der Waals surface area contributed by atoms with Gasteiger partial charge in [0.15, 0.2) is 9.84 Å². The molecule has 0 unspecified atom stereocenters. The molecule has 0 spiro atoms. The zero-order valence-corrected chi connectivity index (χ0v) is 11.1. The van der Waals surface area contributed by atoms with E-state index in [1.54, 1.807) is 6.07 Å². The highest BCUT2D eigenvalue weighted by Crippen LogP contribution is 2.25. The fourth-order valence-electron chi connectivity index (χ4n) is 1.36. The molecule has 0 radical (unpaired) electrons. The van der Waals surface area contributed by atoms with Crippen molar-refractivity contribution >= 4 is 27.4 Å². The molecular formula is C11H9ClFNO4S. The van der Waals surface area contributed by atoms with Crippen LogP contribution >= 0.6 is 11.6 Å². The molecule has 0 atom stereocenters. The number of rotatable bonds is 5. The SMILES string of the molecule is N#CCCCS(=O)(=O)c1cc(F)c(Cl)c(C(=O)O)c1. The number of aromatic carboxylic acids is 1. The quantitative estimate of drug-likeness (QED) is 0.842. The van der Waals surface area contributed by atoms with Gasteiger partial charge in [-0.2, -0.15) is 5.26 Å². The average molecular weight is 306 g/mol. The molecule has 0 fully saturated rings. The Balaban J connectivity index is 3.22. The van der Waals surface area contributed by atoms with Gasteiger partial charge in [-0.05, 0) is 18.6 Å². The summed E-state index contributed by atoms with van der Waals surface area (Å²) in [5, 5.41) is 16.5. The fraction of sp³-hybridized carbons (Fsp3) is 0.273. The van der Waals surface area contributed by atoms with Crippen molar-refractivity contribution in [2.45, 2.75) is 17.7 Å². The maximum absolute atomic E-state index is 13.4. The number of carboxylic acid groups (broad SMARTS) is 1. The molecule has 102 valence electrons. The van der Waals surface area contributed by atoms with Crippen LogP contribution in [0.1, 0.15) is 23.2 Å². The first kappa shape index (κ1) is 15.4. The van der Waals surface area contributed by atoms with Gasteiger partial charge in [-0.15, -0.1) is 0 Å². The van der Waals surface area contributed by atoms with E-state index in [1.165, 1.54) is 0 Å². The summed E-state index contributed by atoms with van der Waals surface area (Å²) >= 11 is 5.44. The van der Waals surface area contributed by atoms with Gasteiger partial charge in [0.05, 0.1) is 27.3 Å². The van der Waals surface area contributed by atoms with Gasteiger partial charge in [-0.25, -0.2) is 17.6 Å². The second-order valence-electron chi connectivity index (χ2n) is 3.65. The van der Waals surface area contributed by atoms with Gasteiger partial charge in [0.1, 0.15) is 5.82 Å². The highest BCUT2D eigenvalue weighted by Gasteiger charge is 2.21. The van der Waals surface area contributed by atoms with Crippen molar-refractivity contribution in [1.29, 1.82) is 5.26 Å². The number of carbonyl (C=O) groups is 1. The minimum atomic E-state index is -3.84. The molecule has 0 amide bonds. The van der Waals surface area contributed by atoms with E-state index in [9.17, 15) is 17.6 Å². The van der Waals surface area contributed by atoms with Crippen LogP contribution in [0.2, 0.25) is 5.02 Å². The smallest absolute Gasteiger partial charge is 0.337 e. The molecule has 0 bridgehead atoms. The summed E-state index contributed by atoms with van der Waals surface area (Å²) in [6.07, 6.45) is 0.132. The zero-order valence-electron chi connectivity index (χ0n) is 9.56. The first-order valence-electron chi connectivity index (χ1n) is 5.11. The zero-order chi connectivity index (χ0) is 14.6. The summed E-state index contributed by atoms with van der Waals surface area (Å²) in [4.78, 5) is 10.4. The van der Waals surface area contributed by atoms with E-state index in [1.807, 2.05) is 0 Å². The van der Waals surface area contributed by atoms with Gasteiger partial charge in [0.25, 0.3) is 0 Å². The molecule has 0 heterocycles. The summed E-state index contributed by atoms with van der Waals surface area (Å²) in [6.45, 7) is 0. The van der Waals surface area contributed by atoms with Crippen LogP contribution in [0.15, 0.2) is 17.0 Å².